The van der Waals surface area contributed by atoms with Crippen LogP contribution in [-0.4, -0.2) is 15.1 Å². The molecule has 0 N–H and O–H groups in total. The van der Waals surface area contributed by atoms with Gasteiger partial charge in [0, 0.05) is 18.1 Å². The maximum Gasteiger partial charge on any atom is 0.0521 e. The second-order valence-corrected chi connectivity index (χ2v) is 5.26. The highest BCUT2D eigenvalue weighted by Crippen LogP contribution is 2.25. The molecule has 96 valence electrons. The summed E-state index contributed by atoms with van der Waals surface area (Å²) in [4.78, 5) is 0. The van der Waals surface area contributed by atoms with Crippen molar-refractivity contribution >= 4 is 15.9 Å². The van der Waals surface area contributed by atoms with E-state index in [1.165, 1.54) is 16.7 Å². The summed E-state index contributed by atoms with van der Waals surface area (Å²) in [7, 11) is 0. The SMILES string of the molecule is CCn1cc(CC(CBr)c2ccccc2C)cn1. The van der Waals surface area contributed by atoms with E-state index in [0.29, 0.717) is 5.92 Å². The highest BCUT2D eigenvalue weighted by Gasteiger charge is 2.13. The number of aryl methyl sites for hydroxylation is 2. The van der Waals surface area contributed by atoms with Gasteiger partial charge in [0.25, 0.3) is 0 Å². The van der Waals surface area contributed by atoms with E-state index in [9.17, 15) is 0 Å². The highest BCUT2D eigenvalue weighted by atomic mass is 79.9. The van der Waals surface area contributed by atoms with Crippen LogP contribution in [-0.2, 0) is 13.0 Å². The van der Waals surface area contributed by atoms with E-state index in [1.54, 1.807) is 0 Å². The van der Waals surface area contributed by atoms with Crippen molar-refractivity contribution in [1.29, 1.82) is 0 Å². The van der Waals surface area contributed by atoms with Crippen molar-refractivity contribution in [1.82, 2.24) is 9.78 Å². The van der Waals surface area contributed by atoms with E-state index in [-0.39, 0.29) is 0 Å². The fourth-order valence-electron chi connectivity index (χ4n) is 2.26. The summed E-state index contributed by atoms with van der Waals surface area (Å²) in [6.07, 6.45) is 5.17. The molecule has 2 nitrogen and oxygen atoms in total. The smallest absolute Gasteiger partial charge is 0.0521 e. The van der Waals surface area contributed by atoms with Gasteiger partial charge in [-0.2, -0.15) is 5.10 Å². The lowest BCUT2D eigenvalue weighted by molar-refractivity contribution is 0.658. The molecule has 18 heavy (non-hydrogen) atoms. The fourth-order valence-corrected chi connectivity index (χ4v) is 2.84. The molecule has 0 fully saturated rings. The van der Waals surface area contributed by atoms with Crippen LogP contribution in [0, 0.1) is 6.92 Å². The molecule has 1 heterocycles. The van der Waals surface area contributed by atoms with Gasteiger partial charge in [-0.1, -0.05) is 40.2 Å². The van der Waals surface area contributed by atoms with E-state index in [4.69, 9.17) is 0 Å². The van der Waals surface area contributed by atoms with Crippen LogP contribution in [0.15, 0.2) is 36.7 Å². The van der Waals surface area contributed by atoms with Gasteiger partial charge in [0.05, 0.1) is 6.20 Å². The Balaban J connectivity index is 2.17. The number of alkyl halides is 1. The minimum absolute atomic E-state index is 0.515. The molecular weight excluding hydrogens is 288 g/mol. The van der Waals surface area contributed by atoms with Gasteiger partial charge >= 0.3 is 0 Å². The van der Waals surface area contributed by atoms with Gasteiger partial charge in [0.15, 0.2) is 0 Å². The second kappa shape index (κ2) is 6.19. The molecule has 0 aliphatic heterocycles. The zero-order valence-electron chi connectivity index (χ0n) is 10.9. The maximum absolute atomic E-state index is 4.34. The Morgan fingerprint density at radius 2 is 2.11 bits per heavy atom. The molecule has 1 atom stereocenters. The maximum atomic E-state index is 4.34. The van der Waals surface area contributed by atoms with Gasteiger partial charge in [-0.15, -0.1) is 0 Å². The molecule has 0 amide bonds. The van der Waals surface area contributed by atoms with Crippen LogP contribution in [0.1, 0.15) is 29.5 Å². The molecule has 2 rings (SSSR count). The monoisotopic (exact) mass is 306 g/mol. The second-order valence-electron chi connectivity index (χ2n) is 4.62. The standard InChI is InChI=1S/C15H19BrN2/c1-3-18-11-13(10-17-18)8-14(9-16)15-7-5-4-6-12(15)2/h4-7,10-11,14H,3,8-9H2,1-2H3. The summed E-state index contributed by atoms with van der Waals surface area (Å²) in [5.41, 5.74) is 4.10. The average Bonchev–Trinajstić information content (AvgIpc) is 2.85. The minimum atomic E-state index is 0.515. The highest BCUT2D eigenvalue weighted by molar-refractivity contribution is 9.09. The summed E-state index contributed by atoms with van der Waals surface area (Å²) < 4.78 is 1.98. The fraction of sp³-hybridized carbons (Fsp3) is 0.400. The van der Waals surface area contributed by atoms with Gasteiger partial charge in [0.2, 0.25) is 0 Å². The van der Waals surface area contributed by atoms with Crippen LogP contribution in [0.3, 0.4) is 0 Å². The summed E-state index contributed by atoms with van der Waals surface area (Å²) in [5.74, 6) is 0.515. The lowest BCUT2D eigenvalue weighted by Crippen LogP contribution is -2.06. The van der Waals surface area contributed by atoms with Crippen LogP contribution < -0.4 is 0 Å². The topological polar surface area (TPSA) is 17.8 Å². The third-order valence-electron chi connectivity index (χ3n) is 3.31. The molecule has 0 aliphatic rings. The Kier molecular flexibility index (Phi) is 4.59. The van der Waals surface area contributed by atoms with Crippen LogP contribution in [0.4, 0.5) is 0 Å². The number of rotatable bonds is 5. The quantitative estimate of drug-likeness (QED) is 0.765. The van der Waals surface area contributed by atoms with Crippen molar-refractivity contribution in [3.8, 4) is 0 Å². The van der Waals surface area contributed by atoms with E-state index < -0.39 is 0 Å². The van der Waals surface area contributed by atoms with E-state index >= 15 is 0 Å². The van der Waals surface area contributed by atoms with E-state index in [1.807, 2.05) is 10.9 Å². The first kappa shape index (κ1) is 13.3. The van der Waals surface area contributed by atoms with Gasteiger partial charge in [-0.3, -0.25) is 4.68 Å². The van der Waals surface area contributed by atoms with E-state index in [2.05, 4.69) is 65.3 Å². The van der Waals surface area contributed by atoms with Crippen molar-refractivity contribution < 1.29 is 0 Å². The Morgan fingerprint density at radius 1 is 1.33 bits per heavy atom. The number of nitrogens with zero attached hydrogens (tertiary/aromatic N) is 2. The summed E-state index contributed by atoms with van der Waals surface area (Å²) >= 11 is 3.64. The molecule has 0 saturated carbocycles. The minimum Gasteiger partial charge on any atom is -0.273 e. The molecular formula is C15H19BrN2. The Labute approximate surface area is 117 Å². The first-order valence-corrected chi connectivity index (χ1v) is 7.49. The molecule has 0 aliphatic carbocycles. The van der Waals surface area contributed by atoms with Gasteiger partial charge in [-0.25, -0.2) is 0 Å². The van der Waals surface area contributed by atoms with Crippen LogP contribution in [0.5, 0.6) is 0 Å². The Morgan fingerprint density at radius 3 is 2.72 bits per heavy atom. The molecule has 2 aromatic rings. The number of halogens is 1. The Bertz CT molecular complexity index is 505. The van der Waals surface area contributed by atoms with Crippen LogP contribution >= 0.6 is 15.9 Å². The van der Waals surface area contributed by atoms with Crippen molar-refractivity contribution in [2.24, 2.45) is 0 Å². The van der Waals surface area contributed by atoms with Crippen LogP contribution in [0.2, 0.25) is 0 Å². The predicted molar refractivity (Wildman–Crippen MR) is 79.3 cm³/mol. The number of aromatic nitrogens is 2. The lowest BCUT2D eigenvalue weighted by atomic mass is 9.92. The molecule has 1 aromatic carbocycles. The molecule has 0 bridgehead atoms. The molecule has 1 unspecified atom stereocenters. The largest absolute Gasteiger partial charge is 0.273 e. The van der Waals surface area contributed by atoms with Crippen molar-refractivity contribution in [3.05, 3.63) is 53.3 Å². The summed E-state index contributed by atoms with van der Waals surface area (Å²) in [5, 5.41) is 5.32. The van der Waals surface area contributed by atoms with Crippen molar-refractivity contribution in [3.63, 3.8) is 0 Å². The molecule has 0 saturated heterocycles. The first-order valence-electron chi connectivity index (χ1n) is 6.37. The van der Waals surface area contributed by atoms with Gasteiger partial charge in [-0.05, 0) is 42.9 Å². The molecule has 0 radical (unpaired) electrons. The normalized spacial score (nSPS) is 12.6. The molecule has 1 aromatic heterocycles. The first-order chi connectivity index (χ1) is 8.74. The van der Waals surface area contributed by atoms with Crippen LogP contribution in [0.25, 0.3) is 0 Å². The lowest BCUT2D eigenvalue weighted by Gasteiger charge is -2.16. The number of benzene rings is 1. The third kappa shape index (κ3) is 3.02. The van der Waals surface area contributed by atoms with E-state index in [0.717, 1.165) is 18.3 Å². The predicted octanol–water partition coefficient (Wildman–Crippen LogP) is 3.93. The summed E-state index contributed by atoms with van der Waals surface area (Å²) in [6, 6.07) is 8.62. The zero-order valence-corrected chi connectivity index (χ0v) is 12.5. The zero-order chi connectivity index (χ0) is 13.0. The molecule has 3 heteroatoms. The van der Waals surface area contributed by atoms with Gasteiger partial charge in [0.1, 0.15) is 0 Å². The van der Waals surface area contributed by atoms with Crippen molar-refractivity contribution in [2.75, 3.05) is 5.33 Å². The average molecular weight is 307 g/mol. The van der Waals surface area contributed by atoms with Gasteiger partial charge < -0.3 is 0 Å². The Hall–Kier alpha value is -1.09. The van der Waals surface area contributed by atoms with Crippen molar-refractivity contribution in [2.45, 2.75) is 32.7 Å². The number of hydrogen-bond acceptors (Lipinski definition) is 1. The summed E-state index contributed by atoms with van der Waals surface area (Å²) in [6.45, 7) is 5.23. The number of hydrogen-bond donors (Lipinski definition) is 0. The third-order valence-corrected chi connectivity index (χ3v) is 4.09. The molecule has 0 spiro atoms.